The van der Waals surface area contributed by atoms with Crippen LogP contribution in [0.1, 0.15) is 6.92 Å². The molecule has 1 fully saturated rings. The Morgan fingerprint density at radius 3 is 2.57 bits per heavy atom. The molecular formula is C14H19FN3O2S+. The summed E-state index contributed by atoms with van der Waals surface area (Å²) in [6, 6.07) is 7.63. The van der Waals surface area contributed by atoms with Crippen LogP contribution in [0.15, 0.2) is 29.2 Å². The molecule has 0 amide bonds. The number of nitrogens with one attached hydrogen (secondary N) is 1. The second-order valence-corrected chi connectivity index (χ2v) is 7.23. The summed E-state index contributed by atoms with van der Waals surface area (Å²) in [7, 11) is -3.77. The Labute approximate surface area is 124 Å². The first kappa shape index (κ1) is 15.9. The highest BCUT2D eigenvalue weighted by Crippen LogP contribution is 2.18. The minimum atomic E-state index is -3.77. The molecule has 0 bridgehead atoms. The van der Waals surface area contributed by atoms with Crippen LogP contribution in [0, 0.1) is 23.1 Å². The van der Waals surface area contributed by atoms with E-state index in [1.807, 2.05) is 6.92 Å². The van der Waals surface area contributed by atoms with Gasteiger partial charge in [-0.05, 0) is 19.1 Å². The monoisotopic (exact) mass is 312 g/mol. The van der Waals surface area contributed by atoms with Gasteiger partial charge in [-0.2, -0.15) is 9.57 Å². The van der Waals surface area contributed by atoms with Gasteiger partial charge in [0.25, 0.3) is 0 Å². The summed E-state index contributed by atoms with van der Waals surface area (Å²) in [5, 5.41) is 8.81. The minimum absolute atomic E-state index is 0.0466. The van der Waals surface area contributed by atoms with Gasteiger partial charge >= 0.3 is 0 Å². The summed E-state index contributed by atoms with van der Waals surface area (Å²) in [6.07, 6.45) is 0. The third kappa shape index (κ3) is 3.59. The SMILES string of the molecule is C[C@@H](C#N)C[NH+]1CCN(S(=O)(=O)c2ccccc2F)CC1. The predicted octanol–water partition coefficient (Wildman–Crippen LogP) is -0.125. The standard InChI is InChI=1S/C14H18FN3O2S/c1-12(10-16)11-17-6-8-18(9-7-17)21(19,20)14-5-3-2-4-13(14)15/h2-5,12H,6-9,11H2,1H3/p+1/t12-/m0/s1. The lowest BCUT2D eigenvalue weighted by Gasteiger charge is -2.32. The van der Waals surface area contributed by atoms with E-state index in [-0.39, 0.29) is 10.8 Å². The number of quaternary nitrogens is 1. The zero-order chi connectivity index (χ0) is 15.5. The summed E-state index contributed by atoms with van der Waals surface area (Å²) >= 11 is 0. The van der Waals surface area contributed by atoms with Crippen molar-refractivity contribution in [3.8, 4) is 6.07 Å². The van der Waals surface area contributed by atoms with Crippen molar-refractivity contribution in [2.24, 2.45) is 5.92 Å². The number of piperazine rings is 1. The number of hydrogen-bond acceptors (Lipinski definition) is 3. The average Bonchev–Trinajstić information content (AvgIpc) is 2.48. The van der Waals surface area contributed by atoms with Crippen molar-refractivity contribution in [3.63, 3.8) is 0 Å². The van der Waals surface area contributed by atoms with E-state index in [2.05, 4.69) is 6.07 Å². The van der Waals surface area contributed by atoms with Gasteiger partial charge in [0.2, 0.25) is 10.0 Å². The van der Waals surface area contributed by atoms with E-state index >= 15 is 0 Å². The van der Waals surface area contributed by atoms with E-state index in [0.29, 0.717) is 32.7 Å². The Balaban J connectivity index is 2.05. The first-order valence-electron chi connectivity index (χ1n) is 6.93. The van der Waals surface area contributed by atoms with Crippen molar-refractivity contribution < 1.29 is 17.7 Å². The van der Waals surface area contributed by atoms with Crippen molar-refractivity contribution >= 4 is 10.0 Å². The molecule has 1 heterocycles. The van der Waals surface area contributed by atoms with Crippen LogP contribution in [0.3, 0.4) is 0 Å². The number of benzene rings is 1. The van der Waals surface area contributed by atoms with Crippen molar-refractivity contribution in [2.75, 3.05) is 32.7 Å². The zero-order valence-electron chi connectivity index (χ0n) is 11.9. The molecule has 1 aliphatic heterocycles. The van der Waals surface area contributed by atoms with E-state index in [9.17, 15) is 12.8 Å². The van der Waals surface area contributed by atoms with Crippen LogP contribution in [0.25, 0.3) is 0 Å². The molecule has 1 N–H and O–H groups in total. The predicted molar refractivity (Wildman–Crippen MR) is 75.5 cm³/mol. The van der Waals surface area contributed by atoms with Crippen LogP contribution in [0.5, 0.6) is 0 Å². The van der Waals surface area contributed by atoms with E-state index in [1.54, 1.807) is 0 Å². The highest BCUT2D eigenvalue weighted by atomic mass is 32.2. The molecule has 0 aliphatic carbocycles. The number of nitriles is 1. The Morgan fingerprint density at radius 2 is 2.00 bits per heavy atom. The second-order valence-electron chi connectivity index (χ2n) is 5.32. The number of hydrogen-bond donors (Lipinski definition) is 1. The molecule has 0 spiro atoms. The number of rotatable bonds is 4. The van der Waals surface area contributed by atoms with Gasteiger partial charge in [0.05, 0.1) is 44.7 Å². The molecule has 1 aliphatic rings. The van der Waals surface area contributed by atoms with Crippen molar-refractivity contribution in [1.82, 2.24) is 4.31 Å². The van der Waals surface area contributed by atoms with Crippen LogP contribution < -0.4 is 4.90 Å². The van der Waals surface area contributed by atoms with Gasteiger partial charge in [0.1, 0.15) is 10.7 Å². The van der Waals surface area contributed by atoms with E-state index in [4.69, 9.17) is 5.26 Å². The summed E-state index contributed by atoms with van der Waals surface area (Å²) in [4.78, 5) is 0.947. The Morgan fingerprint density at radius 1 is 1.38 bits per heavy atom. The number of nitrogens with zero attached hydrogens (tertiary/aromatic N) is 2. The molecule has 21 heavy (non-hydrogen) atoms. The summed E-state index contributed by atoms with van der Waals surface area (Å²) < 4.78 is 39.8. The molecular weight excluding hydrogens is 293 g/mol. The normalized spacial score (nSPS) is 19.1. The Hall–Kier alpha value is -1.49. The van der Waals surface area contributed by atoms with Crippen LogP contribution in [0.4, 0.5) is 4.39 Å². The van der Waals surface area contributed by atoms with Gasteiger partial charge in [0.15, 0.2) is 0 Å². The molecule has 0 aromatic heterocycles. The molecule has 2 rings (SSSR count). The van der Waals surface area contributed by atoms with Gasteiger partial charge in [-0.1, -0.05) is 12.1 Å². The molecule has 0 unspecified atom stereocenters. The maximum Gasteiger partial charge on any atom is 0.246 e. The number of sulfonamides is 1. The maximum atomic E-state index is 13.7. The topological polar surface area (TPSA) is 65.6 Å². The third-order valence-electron chi connectivity index (χ3n) is 3.70. The van der Waals surface area contributed by atoms with Crippen LogP contribution in [-0.4, -0.2) is 45.4 Å². The Kier molecular flexibility index (Phi) is 4.93. The first-order valence-corrected chi connectivity index (χ1v) is 8.37. The summed E-state index contributed by atoms with van der Waals surface area (Å²) in [6.45, 7) is 4.55. The fourth-order valence-electron chi connectivity index (χ4n) is 2.52. The van der Waals surface area contributed by atoms with Crippen LogP contribution in [-0.2, 0) is 10.0 Å². The molecule has 0 radical (unpaired) electrons. The quantitative estimate of drug-likeness (QED) is 0.842. The smallest absolute Gasteiger partial charge is 0.246 e. The van der Waals surface area contributed by atoms with E-state index < -0.39 is 15.8 Å². The molecule has 5 nitrogen and oxygen atoms in total. The molecule has 1 aromatic carbocycles. The van der Waals surface area contributed by atoms with Gasteiger partial charge < -0.3 is 4.90 Å². The van der Waals surface area contributed by atoms with Crippen molar-refractivity contribution in [2.45, 2.75) is 11.8 Å². The second kappa shape index (κ2) is 6.52. The molecule has 1 aromatic rings. The molecule has 1 saturated heterocycles. The molecule has 1 atom stereocenters. The van der Waals surface area contributed by atoms with Crippen LogP contribution >= 0.6 is 0 Å². The minimum Gasteiger partial charge on any atom is -0.332 e. The first-order chi connectivity index (χ1) is 9.95. The van der Waals surface area contributed by atoms with Crippen molar-refractivity contribution in [3.05, 3.63) is 30.1 Å². The Bertz CT molecular complexity index is 634. The maximum absolute atomic E-state index is 13.7. The fraction of sp³-hybridized carbons (Fsp3) is 0.500. The van der Waals surface area contributed by atoms with E-state index in [1.165, 1.54) is 27.4 Å². The van der Waals surface area contributed by atoms with E-state index in [0.717, 1.165) is 6.07 Å². The third-order valence-corrected chi connectivity index (χ3v) is 5.63. The average molecular weight is 312 g/mol. The molecule has 7 heteroatoms. The largest absolute Gasteiger partial charge is 0.332 e. The number of halogens is 1. The van der Waals surface area contributed by atoms with Crippen LogP contribution in [0.2, 0.25) is 0 Å². The lowest BCUT2D eigenvalue weighted by molar-refractivity contribution is -0.905. The zero-order valence-corrected chi connectivity index (χ0v) is 12.7. The summed E-state index contributed by atoms with van der Waals surface area (Å²) in [5.41, 5.74) is 0. The van der Waals surface area contributed by atoms with Gasteiger partial charge in [-0.15, -0.1) is 0 Å². The van der Waals surface area contributed by atoms with Gasteiger partial charge in [-0.25, -0.2) is 12.8 Å². The van der Waals surface area contributed by atoms with Gasteiger partial charge in [-0.3, -0.25) is 0 Å². The van der Waals surface area contributed by atoms with Gasteiger partial charge in [0, 0.05) is 0 Å². The van der Waals surface area contributed by atoms with Crippen molar-refractivity contribution in [1.29, 1.82) is 5.26 Å². The molecule has 114 valence electrons. The lowest BCUT2D eigenvalue weighted by Crippen LogP contribution is -3.15. The highest BCUT2D eigenvalue weighted by molar-refractivity contribution is 7.89. The lowest BCUT2D eigenvalue weighted by atomic mass is 10.2. The summed E-state index contributed by atoms with van der Waals surface area (Å²) in [5.74, 6) is -0.764. The fourth-order valence-corrected chi connectivity index (χ4v) is 4.03. The molecule has 0 saturated carbocycles. The highest BCUT2D eigenvalue weighted by Gasteiger charge is 2.32.